The van der Waals surface area contributed by atoms with Gasteiger partial charge in [-0.3, -0.25) is 0 Å². The number of furan rings is 1. The first-order valence-electron chi connectivity index (χ1n) is 26.2. The quantitative estimate of drug-likeness (QED) is 0.161. The number of nitrogens with zero attached hydrogens (tertiary/aromatic N) is 2. The average molecular weight is 919 g/mol. The van der Waals surface area contributed by atoms with Crippen LogP contribution in [0.1, 0.15) is 114 Å². The summed E-state index contributed by atoms with van der Waals surface area (Å²) >= 11 is 0. The van der Waals surface area contributed by atoms with Crippen LogP contribution in [0.3, 0.4) is 0 Å². The maximum Gasteiger partial charge on any atom is 0.333 e. The third-order valence-electron chi connectivity index (χ3n) is 18.4. The number of rotatable bonds is 2. The van der Waals surface area contributed by atoms with Gasteiger partial charge in [-0.1, -0.05) is 153 Å². The van der Waals surface area contributed by atoms with Crippen LogP contribution in [0.25, 0.3) is 83.0 Å². The van der Waals surface area contributed by atoms with Gasteiger partial charge in [0.05, 0.1) is 17.3 Å². The average Bonchev–Trinajstić information content (AvgIpc) is 4.01. The van der Waals surface area contributed by atoms with Gasteiger partial charge in [-0.05, 0) is 174 Å². The summed E-state index contributed by atoms with van der Waals surface area (Å²) < 4.78 is 9.49. The molecule has 3 aliphatic carbocycles. The summed E-state index contributed by atoms with van der Waals surface area (Å²) in [6, 6.07) is 54.4. The predicted octanol–water partition coefficient (Wildman–Crippen LogP) is 16.2. The largest absolute Gasteiger partial charge is 0.464 e. The molecule has 0 fully saturated rings. The molecule has 0 radical (unpaired) electrons. The summed E-state index contributed by atoms with van der Waals surface area (Å²) in [5.74, 6) is 0. The van der Waals surface area contributed by atoms with E-state index in [9.17, 15) is 0 Å². The second-order valence-electron chi connectivity index (χ2n) is 24.6. The first-order chi connectivity index (χ1) is 34.1. The van der Waals surface area contributed by atoms with E-state index in [1.54, 1.807) is 0 Å². The third kappa shape index (κ3) is 5.41. The van der Waals surface area contributed by atoms with Gasteiger partial charge in [-0.2, -0.15) is 0 Å². The van der Waals surface area contributed by atoms with E-state index in [-0.39, 0.29) is 28.5 Å². The molecule has 2 aromatic heterocycles. The van der Waals surface area contributed by atoms with Crippen molar-refractivity contribution >= 4 is 61.9 Å². The summed E-state index contributed by atoms with van der Waals surface area (Å²) in [4.78, 5) is 2.75. The Labute approximate surface area is 418 Å². The fourth-order valence-electron chi connectivity index (χ4n) is 14.5. The lowest BCUT2D eigenvalue weighted by atomic mass is 9.43. The van der Waals surface area contributed by atoms with Crippen LogP contribution in [-0.4, -0.2) is 11.4 Å². The number of anilines is 2. The van der Waals surface area contributed by atoms with Gasteiger partial charge in [-0.25, -0.2) is 0 Å². The highest BCUT2D eigenvalue weighted by atomic mass is 16.3. The van der Waals surface area contributed by atoms with Gasteiger partial charge in [0.2, 0.25) is 0 Å². The molecule has 2 aliphatic heterocycles. The molecule has 10 aromatic rings. The lowest BCUT2D eigenvalue weighted by molar-refractivity contribution is 0.332. The Morgan fingerprint density at radius 1 is 0.563 bits per heavy atom. The number of hydrogen-bond acceptors (Lipinski definition) is 2. The molecular weight excluding hydrogens is 860 g/mol. The van der Waals surface area contributed by atoms with E-state index in [1.807, 2.05) is 6.26 Å². The Kier molecular flexibility index (Phi) is 8.04. The maximum atomic E-state index is 6.75. The molecule has 15 rings (SSSR count). The molecule has 346 valence electrons. The Hall–Kier alpha value is -7.04. The SMILES string of the molecule is CC(C)(C)c1ccc(N2B3c4cc5occ(-c6ccccc6)c5cc4-n4c5cc6c(cc5c5c7c(c(c3c54)-c3cc4c(cc32)C(C)(C)c2ccccc2-4)CCc2ccccc2-7)C(C)(C)CCC6(C)C)cc1. The number of fused-ring (bicyclic) bond motifs is 18. The minimum absolute atomic E-state index is 0.0190. The second kappa shape index (κ2) is 13.7. The highest BCUT2D eigenvalue weighted by Crippen LogP contribution is 2.58. The summed E-state index contributed by atoms with van der Waals surface area (Å²) in [6.07, 6.45) is 6.32. The topological polar surface area (TPSA) is 21.3 Å². The van der Waals surface area contributed by atoms with Crippen LogP contribution in [0, 0.1) is 0 Å². The van der Waals surface area contributed by atoms with E-state index in [2.05, 4.69) is 211 Å². The van der Waals surface area contributed by atoms with Crippen molar-refractivity contribution < 1.29 is 4.42 Å². The molecule has 5 aliphatic rings. The van der Waals surface area contributed by atoms with Gasteiger partial charge < -0.3 is 13.8 Å². The molecule has 0 spiro atoms. The molecular formula is C67H59BN2O. The van der Waals surface area contributed by atoms with Crippen LogP contribution >= 0.6 is 0 Å². The molecule has 4 heteroatoms. The van der Waals surface area contributed by atoms with Crippen LogP contribution in [0.15, 0.2) is 150 Å². The van der Waals surface area contributed by atoms with Crippen LogP contribution in [-0.2, 0) is 34.5 Å². The van der Waals surface area contributed by atoms with Gasteiger partial charge in [0.15, 0.2) is 0 Å². The molecule has 4 heterocycles. The number of hydrogen-bond donors (Lipinski definition) is 0. The van der Waals surface area contributed by atoms with Gasteiger partial charge >= 0.3 is 6.85 Å². The molecule has 0 unspecified atom stereocenters. The summed E-state index contributed by atoms with van der Waals surface area (Å²) in [6.45, 7) is 21.6. The minimum atomic E-state index is -0.170. The zero-order valence-electron chi connectivity index (χ0n) is 42.6. The standard InChI is InChI=1S/C67H59BN2O/c1-64(2,3)40-24-26-41(27-25-40)70-56-34-51-45(43-21-15-16-22-50(43)67(51,8)9)31-47(56)60-44-28-23-39-19-13-14-20-42(39)59(44)61-48-32-52-53(66(6,7)30-29-65(52,4)5)35-55(48)69-57-33-46-49(38-17-11-10-12-18-38)37-71-58(46)36-54(57)68(70)62(60)63(61)69/h10-22,24-27,31-37H,23,28-30H2,1-9H3. The monoisotopic (exact) mass is 918 g/mol. The lowest BCUT2D eigenvalue weighted by Gasteiger charge is -2.44. The summed E-state index contributed by atoms with van der Waals surface area (Å²) in [7, 11) is 0. The van der Waals surface area contributed by atoms with Gasteiger partial charge in [-0.15, -0.1) is 0 Å². The zero-order valence-corrected chi connectivity index (χ0v) is 42.6. The van der Waals surface area contributed by atoms with Crippen LogP contribution in [0.4, 0.5) is 11.4 Å². The first kappa shape index (κ1) is 41.7. The molecule has 0 atom stereocenters. The Morgan fingerprint density at radius 2 is 1.27 bits per heavy atom. The van der Waals surface area contributed by atoms with E-state index < -0.39 is 0 Å². The molecule has 71 heavy (non-hydrogen) atoms. The number of benzene rings is 8. The van der Waals surface area contributed by atoms with E-state index in [1.165, 1.54) is 134 Å². The van der Waals surface area contributed by atoms with E-state index in [0.29, 0.717) is 0 Å². The molecule has 8 aromatic carbocycles. The van der Waals surface area contributed by atoms with Gasteiger partial charge in [0, 0.05) is 49.8 Å². The molecule has 0 N–H and O–H groups in total. The molecule has 0 saturated heterocycles. The molecule has 0 saturated carbocycles. The number of aromatic nitrogens is 1. The van der Waals surface area contributed by atoms with E-state index in [0.717, 1.165) is 35.8 Å². The first-order valence-corrected chi connectivity index (χ1v) is 26.2. The van der Waals surface area contributed by atoms with Crippen molar-refractivity contribution in [2.45, 2.75) is 110 Å². The van der Waals surface area contributed by atoms with Crippen molar-refractivity contribution in [3.05, 3.63) is 185 Å². The highest BCUT2D eigenvalue weighted by molar-refractivity contribution is 6.94. The maximum absolute atomic E-state index is 6.75. The summed E-state index contributed by atoms with van der Waals surface area (Å²) in [5, 5.41) is 3.93. The van der Waals surface area contributed by atoms with Gasteiger partial charge in [0.1, 0.15) is 5.58 Å². The Bertz CT molecular complexity index is 4000. The van der Waals surface area contributed by atoms with E-state index in [4.69, 9.17) is 4.42 Å². The smallest absolute Gasteiger partial charge is 0.333 e. The number of aryl methyl sites for hydroxylation is 1. The fraction of sp³-hybridized carbons (Fsp3) is 0.254. The van der Waals surface area contributed by atoms with Crippen molar-refractivity contribution in [3.63, 3.8) is 0 Å². The van der Waals surface area contributed by atoms with Crippen LogP contribution in [0.5, 0.6) is 0 Å². The van der Waals surface area contributed by atoms with E-state index >= 15 is 0 Å². The third-order valence-corrected chi connectivity index (χ3v) is 18.4. The molecule has 3 nitrogen and oxygen atoms in total. The minimum Gasteiger partial charge on any atom is -0.464 e. The van der Waals surface area contributed by atoms with Crippen LogP contribution in [0.2, 0.25) is 0 Å². The van der Waals surface area contributed by atoms with Crippen molar-refractivity contribution in [3.8, 4) is 50.2 Å². The van der Waals surface area contributed by atoms with Crippen molar-refractivity contribution in [2.75, 3.05) is 4.81 Å². The normalized spacial score (nSPS) is 17.1. The Morgan fingerprint density at radius 3 is 2.03 bits per heavy atom. The highest BCUT2D eigenvalue weighted by Gasteiger charge is 2.49. The Balaban J connectivity index is 1.17. The lowest BCUT2D eigenvalue weighted by Crippen LogP contribution is -2.61. The van der Waals surface area contributed by atoms with Crippen LogP contribution < -0.4 is 15.7 Å². The zero-order chi connectivity index (χ0) is 48.2. The fourth-order valence-corrected chi connectivity index (χ4v) is 14.5. The van der Waals surface area contributed by atoms with Gasteiger partial charge in [0.25, 0.3) is 0 Å². The van der Waals surface area contributed by atoms with Crippen molar-refractivity contribution in [1.29, 1.82) is 0 Å². The van der Waals surface area contributed by atoms with Crippen molar-refractivity contribution in [2.24, 2.45) is 0 Å². The second-order valence-corrected chi connectivity index (χ2v) is 24.6. The molecule has 0 amide bonds. The predicted molar refractivity (Wildman–Crippen MR) is 299 cm³/mol. The molecule has 0 bridgehead atoms. The van der Waals surface area contributed by atoms with Crippen molar-refractivity contribution in [1.82, 2.24) is 4.57 Å². The summed E-state index contributed by atoms with van der Waals surface area (Å²) in [5.41, 5.74) is 30.6.